The lowest BCUT2D eigenvalue weighted by molar-refractivity contribution is -0.329. The molecule has 4 aromatic rings. The van der Waals surface area contributed by atoms with Crippen LogP contribution < -0.4 is 5.32 Å². The summed E-state index contributed by atoms with van der Waals surface area (Å²) in [6.07, 6.45) is -1.91. The lowest BCUT2D eigenvalue weighted by Gasteiger charge is -2.46. The summed E-state index contributed by atoms with van der Waals surface area (Å²) in [7, 11) is 0. The van der Waals surface area contributed by atoms with Gasteiger partial charge in [-0.15, -0.1) is 6.42 Å². The van der Waals surface area contributed by atoms with Crippen molar-refractivity contribution in [3.63, 3.8) is 0 Å². The summed E-state index contributed by atoms with van der Waals surface area (Å²) >= 11 is 0. The average Bonchev–Trinajstić information content (AvgIpc) is 3.43. The van der Waals surface area contributed by atoms with Crippen LogP contribution in [0.1, 0.15) is 67.0 Å². The van der Waals surface area contributed by atoms with Crippen LogP contribution >= 0.6 is 0 Å². The Bertz CT molecular complexity index is 3180. The number of amides is 1. The zero-order valence-electron chi connectivity index (χ0n) is 39.9. The van der Waals surface area contributed by atoms with Gasteiger partial charge in [0, 0.05) is 61.0 Å². The zero-order chi connectivity index (χ0) is 51.4. The highest BCUT2D eigenvalue weighted by molar-refractivity contribution is 5.94. The number of carbonyl (C=O) groups excluding carboxylic acids is 1. The molecule has 0 bridgehead atoms. The molecule has 10 heteroatoms. The number of carbonyl (C=O) groups is 1. The predicted octanol–water partition coefficient (Wildman–Crippen LogP) is 10.4. The summed E-state index contributed by atoms with van der Waals surface area (Å²) in [5, 5.41) is 24.8. The highest BCUT2D eigenvalue weighted by Gasteiger charge is 2.49. The third kappa shape index (κ3) is 21.4. The fraction of sp³-hybridized carbons (Fsp3) is 0.254. The minimum absolute atomic E-state index is 0. The Kier molecular flexibility index (Phi) is 25.4. The second-order valence-electron chi connectivity index (χ2n) is 15.4. The molecule has 8 atom stereocenters. The second-order valence-corrected chi connectivity index (χ2v) is 15.4. The summed E-state index contributed by atoms with van der Waals surface area (Å²) in [6, 6.07) is 37.7. The van der Waals surface area contributed by atoms with E-state index in [2.05, 4.69) is 130 Å². The van der Waals surface area contributed by atoms with Crippen molar-refractivity contribution in [1.29, 1.82) is 0 Å². The van der Waals surface area contributed by atoms with Crippen molar-refractivity contribution in [3.05, 3.63) is 144 Å². The van der Waals surface area contributed by atoms with E-state index in [1.165, 1.54) is 0 Å². The molecule has 10 nitrogen and oxygen atoms in total. The molecule has 5 unspecified atom stereocenters. The molecule has 5 rings (SSSR count). The Morgan fingerprint density at radius 1 is 0.548 bits per heavy atom. The quantitative estimate of drug-likeness (QED) is 0.0743. The van der Waals surface area contributed by atoms with E-state index in [4.69, 9.17) is 34.8 Å². The Labute approximate surface area is 461 Å². The molecule has 4 aromatic carbocycles. The monoisotopic (exact) mass is 1010 g/mol. The first-order valence-electron chi connectivity index (χ1n) is 22.9. The molecule has 0 aliphatic carbocycles. The maximum atomic E-state index is 13.2. The van der Waals surface area contributed by atoms with Crippen LogP contribution in [-0.2, 0) is 59.6 Å². The number of terminal acetylenes is 1. The van der Waals surface area contributed by atoms with Gasteiger partial charge in [-0.1, -0.05) is 128 Å². The van der Waals surface area contributed by atoms with E-state index >= 15 is 0 Å². The SMILES string of the molecule is C#CC#CC#CC#CC#CC#CC#CC#CC#CC#CC#CC(=O)N[C@@H](COC1OC(COCc2ccccc2)C(OCc2ccccc2)C(OCc2ccccc2)C1OCc1ccccc1)[C@H](O)[C@H](O)CC.[HH].[HH].[HH].[HH].[HH].[HH].[HH].[HH].[HH].[HH].[HH].[HH].[HH].[HH].[HH].[HH].[HH].[HH].[HH].[HH].[HH].[HH]. The van der Waals surface area contributed by atoms with Gasteiger partial charge in [0.05, 0.1) is 51.8 Å². The first-order chi connectivity index (χ1) is 35.9. The molecule has 3 N–H and O–H groups in total. The van der Waals surface area contributed by atoms with Crippen LogP contribution in [0.3, 0.4) is 0 Å². The molecule has 1 fully saturated rings. The van der Waals surface area contributed by atoms with E-state index < -0.39 is 54.9 Å². The first-order valence-corrected chi connectivity index (χ1v) is 22.9. The Morgan fingerprint density at radius 2 is 0.932 bits per heavy atom. The summed E-state index contributed by atoms with van der Waals surface area (Å²) in [6.45, 7) is 2.34. The average molecular weight is 1010 g/mol. The van der Waals surface area contributed by atoms with Crippen LogP contribution in [0.5, 0.6) is 0 Å². The van der Waals surface area contributed by atoms with Crippen LogP contribution in [0, 0.1) is 131 Å². The molecule has 0 aromatic heterocycles. The molecule has 1 saturated heterocycles. The molecule has 1 aliphatic heterocycles. The maximum absolute atomic E-state index is 13.2. The van der Waals surface area contributed by atoms with Crippen molar-refractivity contribution >= 4 is 5.91 Å². The molecule has 404 valence electrons. The fourth-order valence-electron chi connectivity index (χ4n) is 6.67. The van der Waals surface area contributed by atoms with Crippen molar-refractivity contribution < 1.29 is 74.8 Å². The smallest absolute Gasteiger partial charge is 0.297 e. The van der Waals surface area contributed by atoms with Crippen LogP contribution in [0.4, 0.5) is 0 Å². The van der Waals surface area contributed by atoms with Gasteiger partial charge in [0.1, 0.15) is 30.5 Å². The molecular formula is C63H93NO9. The van der Waals surface area contributed by atoms with Gasteiger partial charge < -0.3 is 44.0 Å². The number of benzene rings is 4. The zero-order valence-corrected chi connectivity index (χ0v) is 39.9. The summed E-state index contributed by atoms with van der Waals surface area (Å²) in [5.74, 6) is 50.8. The van der Waals surface area contributed by atoms with E-state index in [0.717, 1.165) is 22.3 Å². The number of nitrogens with one attached hydrogen (secondary N) is 1. The highest BCUT2D eigenvalue weighted by Crippen LogP contribution is 2.32. The third-order valence-electron chi connectivity index (χ3n) is 10.2. The molecule has 1 amide bonds. The van der Waals surface area contributed by atoms with Crippen molar-refractivity contribution in [2.24, 2.45) is 0 Å². The fourth-order valence-corrected chi connectivity index (χ4v) is 6.67. The van der Waals surface area contributed by atoms with Gasteiger partial charge >= 0.3 is 0 Å². The molecular weight excluding hydrogens is 915 g/mol. The van der Waals surface area contributed by atoms with E-state index in [1.807, 2.05) is 121 Å². The number of hydrogen-bond donors (Lipinski definition) is 3. The Morgan fingerprint density at radius 3 is 1.36 bits per heavy atom. The van der Waals surface area contributed by atoms with Gasteiger partial charge in [-0.3, -0.25) is 4.79 Å². The molecule has 1 aliphatic rings. The third-order valence-corrected chi connectivity index (χ3v) is 10.2. The van der Waals surface area contributed by atoms with E-state index in [-0.39, 0.29) is 70.8 Å². The lowest BCUT2D eigenvalue weighted by Crippen LogP contribution is -2.62. The van der Waals surface area contributed by atoms with Crippen molar-refractivity contribution in [2.75, 3.05) is 13.2 Å². The summed E-state index contributed by atoms with van der Waals surface area (Å²) < 4.78 is 39.8. The lowest BCUT2D eigenvalue weighted by atomic mass is 9.97. The molecule has 0 saturated carbocycles. The number of aliphatic hydroxyl groups is 2. The largest absolute Gasteiger partial charge is 0.390 e. The number of hydrogen-bond acceptors (Lipinski definition) is 9. The summed E-state index contributed by atoms with van der Waals surface area (Å²) in [4.78, 5) is 13.2. The first kappa shape index (κ1) is 55.1. The van der Waals surface area contributed by atoms with Gasteiger partial charge in [-0.05, 0) is 123 Å². The van der Waals surface area contributed by atoms with Crippen LogP contribution in [-0.4, -0.2) is 78.3 Å². The molecule has 73 heavy (non-hydrogen) atoms. The number of aliphatic hydroxyl groups excluding tert-OH is 2. The van der Waals surface area contributed by atoms with Gasteiger partial charge in [0.15, 0.2) is 6.29 Å². The summed E-state index contributed by atoms with van der Waals surface area (Å²) in [5.41, 5.74) is 3.72. The van der Waals surface area contributed by atoms with Crippen LogP contribution in [0.2, 0.25) is 0 Å². The molecule has 1 heterocycles. The van der Waals surface area contributed by atoms with Crippen molar-refractivity contribution in [3.8, 4) is 131 Å². The van der Waals surface area contributed by atoms with Crippen molar-refractivity contribution in [1.82, 2.24) is 5.32 Å². The standard InChI is InChI=1S/C63H49NO9.22H2/c1-3-5-6-7-8-9-10-11-12-13-14-15-16-17-18-19-20-21-22-35-44-58(66)64-55(59(67)56(65)4-2)49-72-63-62(71-48-54-42-33-26-34-43-54)61(70-47-53-40-31-25-32-41-53)60(69-46-52-38-29-24-30-39-52)57(73-63)50-68-45-51-36-27-23-28-37-51;;;;;;;;;;;;;;;;;;;;;;/h1,23-34,36-43,55-57,59-63,65,67H,4,45-50H2,2H3,(H,64,66);22*1H/t55-,56+,57?,59-,60?,61?,62?,63?;;;;;;;;;;;;;;;;;;;;;;/m0....................../s1. The molecule has 0 radical (unpaired) electrons. The highest BCUT2D eigenvalue weighted by atomic mass is 16.7. The van der Waals surface area contributed by atoms with E-state index in [1.54, 1.807) is 6.92 Å². The van der Waals surface area contributed by atoms with Crippen LogP contribution in [0.25, 0.3) is 0 Å². The number of rotatable bonds is 20. The van der Waals surface area contributed by atoms with Gasteiger partial charge in [0.2, 0.25) is 0 Å². The Balaban J connectivity index is -0.000000168. The minimum atomic E-state index is -1.47. The maximum Gasteiger partial charge on any atom is 0.297 e. The second kappa shape index (κ2) is 33.7. The van der Waals surface area contributed by atoms with E-state index in [9.17, 15) is 15.0 Å². The predicted molar refractivity (Wildman–Crippen MR) is 323 cm³/mol. The number of ether oxygens (including phenoxy) is 6. The van der Waals surface area contributed by atoms with E-state index in [0.29, 0.717) is 6.61 Å². The topological polar surface area (TPSA) is 125 Å². The molecule has 0 spiro atoms. The normalized spacial score (nSPS) is 16.8. The van der Waals surface area contributed by atoms with Crippen molar-refractivity contribution in [2.45, 2.75) is 88.7 Å². The van der Waals surface area contributed by atoms with Gasteiger partial charge in [-0.25, -0.2) is 0 Å². The Hall–Kier alpha value is -8.81. The minimum Gasteiger partial charge on any atom is -0.390 e. The van der Waals surface area contributed by atoms with Crippen LogP contribution in [0.15, 0.2) is 121 Å². The van der Waals surface area contributed by atoms with Gasteiger partial charge in [0.25, 0.3) is 5.91 Å². The van der Waals surface area contributed by atoms with Gasteiger partial charge in [-0.2, -0.15) is 0 Å².